The highest BCUT2D eigenvalue weighted by atomic mass is 16.5. The molecule has 3 rings (SSSR count). The van der Waals surface area contributed by atoms with Crippen LogP contribution in [0.4, 0.5) is 0 Å². The number of likely N-dealkylation sites (N-methyl/N-ethyl adjacent to an activating group) is 1. The van der Waals surface area contributed by atoms with Crippen molar-refractivity contribution in [1.82, 2.24) is 4.90 Å². The number of aliphatic hydroxyl groups excluding tert-OH is 1. The monoisotopic (exact) mass is 275 g/mol. The molecule has 0 bridgehead atoms. The molecule has 1 saturated carbocycles. The minimum absolute atomic E-state index is 0.0192. The van der Waals surface area contributed by atoms with Crippen molar-refractivity contribution < 1.29 is 14.6 Å². The fourth-order valence-electron chi connectivity index (χ4n) is 2.75. The van der Waals surface area contributed by atoms with Crippen molar-refractivity contribution in [1.29, 1.82) is 0 Å². The van der Waals surface area contributed by atoms with Crippen LogP contribution in [0.2, 0.25) is 0 Å². The minimum atomic E-state index is -0.396. The van der Waals surface area contributed by atoms with E-state index in [-0.39, 0.29) is 12.5 Å². The molecule has 0 radical (unpaired) electrons. The van der Waals surface area contributed by atoms with Gasteiger partial charge in [0.2, 0.25) is 0 Å². The molecule has 4 nitrogen and oxygen atoms in total. The first-order valence-electron chi connectivity index (χ1n) is 7.34. The lowest BCUT2D eigenvalue weighted by Crippen LogP contribution is -2.33. The molecule has 20 heavy (non-hydrogen) atoms. The number of aliphatic hydroxyl groups is 1. The quantitative estimate of drug-likeness (QED) is 0.915. The Labute approximate surface area is 119 Å². The van der Waals surface area contributed by atoms with Crippen LogP contribution < -0.4 is 4.74 Å². The van der Waals surface area contributed by atoms with Gasteiger partial charge in [-0.15, -0.1) is 0 Å². The van der Waals surface area contributed by atoms with Crippen molar-refractivity contribution in [2.24, 2.45) is 0 Å². The van der Waals surface area contributed by atoms with Gasteiger partial charge >= 0.3 is 0 Å². The average Bonchev–Trinajstić information content (AvgIpc) is 3.29. The van der Waals surface area contributed by atoms with E-state index >= 15 is 0 Å². The molecule has 0 saturated heterocycles. The van der Waals surface area contributed by atoms with E-state index in [0.717, 1.165) is 37.7 Å². The largest absolute Gasteiger partial charge is 0.484 e. The molecular weight excluding hydrogens is 254 g/mol. The summed E-state index contributed by atoms with van der Waals surface area (Å²) in [6.45, 7) is 0.0713. The maximum absolute atomic E-state index is 11.9. The van der Waals surface area contributed by atoms with E-state index < -0.39 is 6.10 Å². The Balaban J connectivity index is 1.63. The first-order valence-corrected chi connectivity index (χ1v) is 7.34. The van der Waals surface area contributed by atoms with E-state index in [9.17, 15) is 9.90 Å². The van der Waals surface area contributed by atoms with Gasteiger partial charge in [-0.3, -0.25) is 4.79 Å². The second kappa shape index (κ2) is 5.44. The predicted molar refractivity (Wildman–Crippen MR) is 75.6 cm³/mol. The van der Waals surface area contributed by atoms with Gasteiger partial charge in [0.05, 0.1) is 6.10 Å². The second-order valence-electron chi connectivity index (χ2n) is 5.79. The van der Waals surface area contributed by atoms with Crippen LogP contribution in [0.15, 0.2) is 18.2 Å². The summed E-state index contributed by atoms with van der Waals surface area (Å²) in [7, 11) is 1.83. The molecule has 0 heterocycles. The summed E-state index contributed by atoms with van der Waals surface area (Å²) < 4.78 is 5.58. The number of benzene rings is 1. The number of nitrogens with zero attached hydrogens (tertiary/aromatic N) is 1. The molecule has 0 aromatic heterocycles. The molecule has 0 spiro atoms. The van der Waals surface area contributed by atoms with Crippen molar-refractivity contribution >= 4 is 5.91 Å². The minimum Gasteiger partial charge on any atom is -0.484 e. The molecule has 1 atom stereocenters. The lowest BCUT2D eigenvalue weighted by molar-refractivity contribution is -0.132. The number of hydrogen-bond acceptors (Lipinski definition) is 3. The summed E-state index contributed by atoms with van der Waals surface area (Å²) in [5.74, 6) is 0.688. The molecule has 0 aliphatic heterocycles. The van der Waals surface area contributed by atoms with Gasteiger partial charge in [-0.2, -0.15) is 0 Å². The van der Waals surface area contributed by atoms with Crippen molar-refractivity contribution in [3.63, 3.8) is 0 Å². The van der Waals surface area contributed by atoms with Crippen LogP contribution in [0.1, 0.15) is 42.9 Å². The van der Waals surface area contributed by atoms with Gasteiger partial charge < -0.3 is 14.7 Å². The lowest BCUT2D eigenvalue weighted by atomic mass is 9.89. The van der Waals surface area contributed by atoms with Crippen molar-refractivity contribution in [2.75, 3.05) is 13.7 Å². The normalized spacial score (nSPS) is 21.2. The number of rotatable bonds is 4. The molecule has 2 aliphatic carbocycles. The van der Waals surface area contributed by atoms with Crippen LogP contribution in [0.5, 0.6) is 5.75 Å². The summed E-state index contributed by atoms with van der Waals surface area (Å²) in [4.78, 5) is 13.7. The van der Waals surface area contributed by atoms with Gasteiger partial charge in [0, 0.05) is 13.1 Å². The smallest absolute Gasteiger partial charge is 0.260 e. The fraction of sp³-hybridized carbons (Fsp3) is 0.562. The molecule has 4 heteroatoms. The van der Waals surface area contributed by atoms with Crippen LogP contribution in [-0.4, -0.2) is 35.6 Å². The highest BCUT2D eigenvalue weighted by Crippen LogP contribution is 2.32. The molecule has 1 aromatic carbocycles. The number of carbonyl (C=O) groups is 1. The SMILES string of the molecule is CN(C(=O)COc1ccc2c(c1)[C@H](O)CCC2)C1CC1. The Hall–Kier alpha value is -1.55. The van der Waals surface area contributed by atoms with Gasteiger partial charge in [-0.1, -0.05) is 6.07 Å². The Bertz CT molecular complexity index is 510. The van der Waals surface area contributed by atoms with Crippen molar-refractivity contribution in [3.8, 4) is 5.75 Å². The van der Waals surface area contributed by atoms with E-state index in [2.05, 4.69) is 0 Å². The molecule has 1 aromatic rings. The molecule has 1 amide bonds. The van der Waals surface area contributed by atoms with E-state index in [1.165, 1.54) is 5.56 Å². The van der Waals surface area contributed by atoms with Gasteiger partial charge in [0.15, 0.2) is 6.61 Å². The lowest BCUT2D eigenvalue weighted by Gasteiger charge is -2.22. The standard InChI is InChI=1S/C16H21NO3/c1-17(12-6-7-12)16(19)10-20-13-8-5-11-3-2-4-15(18)14(11)9-13/h5,8-9,12,15,18H,2-4,6-7,10H2,1H3/t15-/m1/s1. The Morgan fingerprint density at radius 3 is 2.95 bits per heavy atom. The molecule has 108 valence electrons. The number of ether oxygens (including phenoxy) is 1. The van der Waals surface area contributed by atoms with Crippen LogP contribution >= 0.6 is 0 Å². The van der Waals surface area contributed by atoms with Crippen LogP contribution in [0.25, 0.3) is 0 Å². The molecule has 1 N–H and O–H groups in total. The van der Waals surface area contributed by atoms with Crippen molar-refractivity contribution in [2.45, 2.75) is 44.2 Å². The fourth-order valence-corrected chi connectivity index (χ4v) is 2.75. The topological polar surface area (TPSA) is 49.8 Å². The zero-order valence-corrected chi connectivity index (χ0v) is 11.8. The van der Waals surface area contributed by atoms with E-state index in [4.69, 9.17) is 4.74 Å². The summed E-state index contributed by atoms with van der Waals surface area (Å²) >= 11 is 0. The van der Waals surface area contributed by atoms with Crippen LogP contribution in [-0.2, 0) is 11.2 Å². The summed E-state index contributed by atoms with van der Waals surface area (Å²) in [5.41, 5.74) is 2.15. The summed E-state index contributed by atoms with van der Waals surface area (Å²) in [6.07, 6.45) is 4.65. The predicted octanol–water partition coefficient (Wildman–Crippen LogP) is 2.06. The van der Waals surface area contributed by atoms with E-state index in [0.29, 0.717) is 11.8 Å². The number of amides is 1. The van der Waals surface area contributed by atoms with Gasteiger partial charge in [-0.05, 0) is 55.4 Å². The molecule has 0 unspecified atom stereocenters. The highest BCUT2D eigenvalue weighted by Gasteiger charge is 2.29. The number of carbonyl (C=O) groups excluding carboxylic acids is 1. The molecule has 1 fully saturated rings. The third kappa shape index (κ3) is 2.80. The first kappa shape index (κ1) is 13.4. The zero-order valence-electron chi connectivity index (χ0n) is 11.8. The molecule has 2 aliphatic rings. The Morgan fingerprint density at radius 1 is 1.40 bits per heavy atom. The summed E-state index contributed by atoms with van der Waals surface area (Å²) in [5, 5.41) is 10.0. The third-order valence-electron chi connectivity index (χ3n) is 4.25. The number of aryl methyl sites for hydroxylation is 1. The summed E-state index contributed by atoms with van der Waals surface area (Å²) in [6, 6.07) is 6.18. The van der Waals surface area contributed by atoms with Crippen LogP contribution in [0.3, 0.4) is 0 Å². The van der Waals surface area contributed by atoms with Crippen LogP contribution in [0, 0.1) is 0 Å². The first-order chi connectivity index (χ1) is 9.65. The van der Waals surface area contributed by atoms with Gasteiger partial charge in [-0.25, -0.2) is 0 Å². The van der Waals surface area contributed by atoms with E-state index in [1.807, 2.05) is 25.2 Å². The number of fused-ring (bicyclic) bond motifs is 1. The average molecular weight is 275 g/mol. The maximum atomic E-state index is 11.9. The molecular formula is C16H21NO3. The van der Waals surface area contributed by atoms with Gasteiger partial charge in [0.1, 0.15) is 5.75 Å². The zero-order chi connectivity index (χ0) is 14.1. The maximum Gasteiger partial charge on any atom is 0.260 e. The number of hydrogen-bond donors (Lipinski definition) is 1. The van der Waals surface area contributed by atoms with Crippen molar-refractivity contribution in [3.05, 3.63) is 29.3 Å². The van der Waals surface area contributed by atoms with E-state index in [1.54, 1.807) is 4.90 Å². The second-order valence-corrected chi connectivity index (χ2v) is 5.79. The third-order valence-corrected chi connectivity index (χ3v) is 4.25. The Kier molecular flexibility index (Phi) is 3.66. The van der Waals surface area contributed by atoms with Gasteiger partial charge in [0.25, 0.3) is 5.91 Å². The highest BCUT2D eigenvalue weighted by molar-refractivity contribution is 5.78. The Morgan fingerprint density at radius 2 is 2.20 bits per heavy atom.